The van der Waals surface area contributed by atoms with Crippen LogP contribution in [0.1, 0.15) is 36.8 Å². The van der Waals surface area contributed by atoms with Gasteiger partial charge in [0.05, 0.1) is 9.79 Å². The lowest BCUT2D eigenvalue weighted by Crippen LogP contribution is -2.31. The summed E-state index contributed by atoms with van der Waals surface area (Å²) in [5, 5.41) is 0. The molecule has 0 spiro atoms. The average Bonchev–Trinajstić information content (AvgIpc) is 2.82. The third-order valence-corrected chi connectivity index (χ3v) is 8.09. The highest BCUT2D eigenvalue weighted by molar-refractivity contribution is 7.91. The summed E-state index contributed by atoms with van der Waals surface area (Å²) in [6.07, 6.45) is 2.22. The maximum Gasteiger partial charge on any atom is 0.206 e. The molecule has 1 fully saturated rings. The van der Waals surface area contributed by atoms with Gasteiger partial charge in [-0.25, -0.2) is 8.42 Å². The van der Waals surface area contributed by atoms with Gasteiger partial charge in [0, 0.05) is 31.2 Å². The van der Waals surface area contributed by atoms with Crippen LogP contribution in [0.2, 0.25) is 0 Å². The van der Waals surface area contributed by atoms with Crippen molar-refractivity contribution in [1.29, 1.82) is 0 Å². The van der Waals surface area contributed by atoms with Crippen molar-refractivity contribution in [3.63, 3.8) is 0 Å². The van der Waals surface area contributed by atoms with Gasteiger partial charge >= 0.3 is 0 Å². The highest BCUT2D eigenvalue weighted by Crippen LogP contribution is 2.45. The van der Waals surface area contributed by atoms with E-state index in [2.05, 4.69) is 23.8 Å². The van der Waals surface area contributed by atoms with Crippen LogP contribution in [0.15, 0.2) is 52.3 Å². The quantitative estimate of drug-likeness (QED) is 0.806. The molecule has 2 aliphatic heterocycles. The molecule has 0 aromatic heterocycles. The Bertz CT molecular complexity index is 937. The summed E-state index contributed by atoms with van der Waals surface area (Å²) in [5.41, 5.74) is 3.46. The molecule has 4 nitrogen and oxygen atoms in total. The van der Waals surface area contributed by atoms with Crippen LogP contribution in [-0.4, -0.2) is 46.0 Å². The van der Waals surface area contributed by atoms with E-state index in [9.17, 15) is 8.42 Å². The van der Waals surface area contributed by atoms with Crippen molar-refractivity contribution in [2.45, 2.75) is 48.4 Å². The minimum absolute atomic E-state index is 0.369. The normalized spacial score (nSPS) is 23.0. The van der Waals surface area contributed by atoms with Gasteiger partial charge in [0.25, 0.3) is 0 Å². The molecule has 144 valence electrons. The largest absolute Gasteiger partial charge is 0.371 e. The fraction of sp³-hybridized carbons (Fsp3) is 0.455. The molecule has 0 N–H and O–H groups in total. The van der Waals surface area contributed by atoms with Gasteiger partial charge in [-0.05, 0) is 68.8 Å². The minimum atomic E-state index is -3.49. The molecule has 27 heavy (non-hydrogen) atoms. The number of sulfone groups is 1. The first kappa shape index (κ1) is 18.5. The summed E-state index contributed by atoms with van der Waals surface area (Å²) in [6, 6.07) is 13.3. The number of fused-ring (bicyclic) bond motifs is 3. The van der Waals surface area contributed by atoms with E-state index in [4.69, 9.17) is 0 Å². The van der Waals surface area contributed by atoms with Crippen LogP contribution in [0, 0.1) is 6.92 Å². The Labute approximate surface area is 162 Å². The van der Waals surface area contributed by atoms with Crippen molar-refractivity contribution in [3.05, 3.63) is 53.6 Å². The van der Waals surface area contributed by atoms with Crippen LogP contribution >= 0.6 is 0 Å². The monoisotopic (exact) mass is 384 g/mol. The molecule has 5 heteroatoms. The topological polar surface area (TPSA) is 40.6 Å². The molecular formula is C22H28N2O2S. The first-order valence-electron chi connectivity index (χ1n) is 9.82. The second kappa shape index (κ2) is 6.95. The predicted octanol–water partition coefficient (Wildman–Crippen LogP) is 3.85. The molecule has 0 bridgehead atoms. The number of likely N-dealkylation sites (N-methyl/N-ethyl adjacent to an activating group) is 1. The van der Waals surface area contributed by atoms with E-state index in [-0.39, 0.29) is 0 Å². The summed E-state index contributed by atoms with van der Waals surface area (Å²) in [5.74, 6) is 0.412. The molecule has 2 aromatic rings. The third-order valence-electron chi connectivity index (χ3n) is 6.33. The summed E-state index contributed by atoms with van der Waals surface area (Å²) < 4.78 is 26.3. The summed E-state index contributed by atoms with van der Waals surface area (Å²) in [7, 11) is -1.33. The van der Waals surface area contributed by atoms with Crippen LogP contribution in [0.3, 0.4) is 0 Å². The van der Waals surface area contributed by atoms with E-state index in [1.54, 1.807) is 18.2 Å². The van der Waals surface area contributed by atoms with Gasteiger partial charge in [-0.1, -0.05) is 24.6 Å². The highest BCUT2D eigenvalue weighted by atomic mass is 32.2. The van der Waals surface area contributed by atoms with Gasteiger partial charge in [-0.15, -0.1) is 0 Å². The standard InChI is InChI=1S/C22H28N2O2S/c1-4-24-13-11-19-20-15-18(9-10-21(20)23(3)22(19)12-14-24)27(25,26)17-7-5-16(2)6-8-17/h5-10,15,19,22H,4,11-14H2,1-3H3/t19-,22-/m0/s1. The highest BCUT2D eigenvalue weighted by Gasteiger charge is 2.38. The van der Waals surface area contributed by atoms with E-state index in [0.717, 1.165) is 38.0 Å². The Morgan fingerprint density at radius 3 is 2.37 bits per heavy atom. The van der Waals surface area contributed by atoms with Gasteiger partial charge in [0.1, 0.15) is 0 Å². The van der Waals surface area contributed by atoms with E-state index >= 15 is 0 Å². The molecule has 2 atom stereocenters. The van der Waals surface area contributed by atoms with Crippen molar-refractivity contribution in [3.8, 4) is 0 Å². The van der Waals surface area contributed by atoms with Gasteiger partial charge < -0.3 is 9.80 Å². The lowest BCUT2D eigenvalue weighted by Gasteiger charge is -2.25. The number of hydrogen-bond acceptors (Lipinski definition) is 4. The van der Waals surface area contributed by atoms with Crippen LogP contribution in [0.4, 0.5) is 5.69 Å². The molecule has 4 rings (SSSR count). The number of rotatable bonds is 3. The SMILES string of the molecule is CCN1CC[C@H]2c3cc(S(=O)(=O)c4ccc(C)cc4)ccc3N(C)[C@H]2CC1. The van der Waals surface area contributed by atoms with Crippen LogP contribution in [0.5, 0.6) is 0 Å². The van der Waals surface area contributed by atoms with Gasteiger partial charge in [-0.2, -0.15) is 0 Å². The van der Waals surface area contributed by atoms with Crippen LogP contribution in [-0.2, 0) is 9.84 Å². The van der Waals surface area contributed by atoms with E-state index in [0.29, 0.717) is 21.8 Å². The summed E-state index contributed by atoms with van der Waals surface area (Å²) in [4.78, 5) is 5.64. The second-order valence-electron chi connectivity index (χ2n) is 7.83. The number of anilines is 1. The van der Waals surface area contributed by atoms with E-state index in [1.165, 1.54) is 11.3 Å². The molecule has 1 saturated heterocycles. The Kier molecular flexibility index (Phi) is 4.77. The molecule has 0 aliphatic carbocycles. The first-order valence-corrected chi connectivity index (χ1v) is 11.3. The van der Waals surface area contributed by atoms with Gasteiger partial charge in [0.2, 0.25) is 9.84 Å². The minimum Gasteiger partial charge on any atom is -0.371 e. The number of aryl methyl sites for hydroxylation is 1. The molecule has 0 amide bonds. The molecule has 0 unspecified atom stereocenters. The Balaban J connectivity index is 1.72. The van der Waals surface area contributed by atoms with Gasteiger partial charge in [0.15, 0.2) is 0 Å². The van der Waals surface area contributed by atoms with Crippen molar-refractivity contribution >= 4 is 15.5 Å². The zero-order valence-electron chi connectivity index (χ0n) is 16.4. The zero-order valence-corrected chi connectivity index (χ0v) is 17.2. The van der Waals surface area contributed by atoms with E-state index in [1.807, 2.05) is 31.2 Å². The fourth-order valence-corrected chi connectivity index (χ4v) is 5.93. The van der Waals surface area contributed by atoms with Crippen LogP contribution in [0.25, 0.3) is 0 Å². The second-order valence-corrected chi connectivity index (χ2v) is 9.78. The summed E-state index contributed by atoms with van der Waals surface area (Å²) in [6.45, 7) is 7.46. The first-order chi connectivity index (χ1) is 12.9. The van der Waals surface area contributed by atoms with Crippen molar-refractivity contribution in [2.75, 3.05) is 31.6 Å². The Hall–Kier alpha value is -1.85. The van der Waals surface area contributed by atoms with Crippen molar-refractivity contribution in [1.82, 2.24) is 4.90 Å². The number of hydrogen-bond donors (Lipinski definition) is 0. The maximum atomic E-state index is 13.1. The fourth-order valence-electron chi connectivity index (χ4n) is 4.63. The summed E-state index contributed by atoms with van der Waals surface area (Å²) >= 11 is 0. The molecule has 2 aliphatic rings. The number of benzene rings is 2. The maximum absolute atomic E-state index is 13.1. The molecular weight excluding hydrogens is 356 g/mol. The number of nitrogens with zero attached hydrogens (tertiary/aromatic N) is 2. The zero-order chi connectivity index (χ0) is 19.2. The lowest BCUT2D eigenvalue weighted by atomic mass is 9.91. The number of likely N-dealkylation sites (tertiary alicyclic amines) is 1. The molecule has 2 aromatic carbocycles. The van der Waals surface area contributed by atoms with E-state index < -0.39 is 9.84 Å². The van der Waals surface area contributed by atoms with Crippen molar-refractivity contribution in [2.24, 2.45) is 0 Å². The Morgan fingerprint density at radius 2 is 1.67 bits per heavy atom. The van der Waals surface area contributed by atoms with Crippen LogP contribution < -0.4 is 4.90 Å². The lowest BCUT2D eigenvalue weighted by molar-refractivity contribution is 0.298. The Morgan fingerprint density at radius 1 is 1.00 bits per heavy atom. The molecule has 0 radical (unpaired) electrons. The smallest absolute Gasteiger partial charge is 0.206 e. The molecule has 2 heterocycles. The van der Waals surface area contributed by atoms with Gasteiger partial charge in [-0.3, -0.25) is 0 Å². The average molecular weight is 385 g/mol. The third kappa shape index (κ3) is 3.17. The molecule has 0 saturated carbocycles. The van der Waals surface area contributed by atoms with Crippen molar-refractivity contribution < 1.29 is 8.42 Å². The predicted molar refractivity (Wildman–Crippen MR) is 109 cm³/mol.